The molecule has 1 fully saturated rings. The SMILES string of the molecule is COc1cc(C(=O)O)ccc1Cc1cn(C)c2ccc(NC(=O)C3CCCC3)cc12. The molecule has 1 amide bonds. The highest BCUT2D eigenvalue weighted by molar-refractivity contribution is 5.96. The Kier molecular flexibility index (Phi) is 5.48. The maximum atomic E-state index is 12.5. The molecule has 4 rings (SSSR count). The summed E-state index contributed by atoms with van der Waals surface area (Å²) >= 11 is 0. The Morgan fingerprint density at radius 2 is 1.90 bits per heavy atom. The van der Waals surface area contributed by atoms with Crippen molar-refractivity contribution in [2.45, 2.75) is 32.1 Å². The van der Waals surface area contributed by atoms with Gasteiger partial charge in [-0.3, -0.25) is 4.79 Å². The average molecular weight is 406 g/mol. The van der Waals surface area contributed by atoms with E-state index in [9.17, 15) is 14.7 Å². The summed E-state index contributed by atoms with van der Waals surface area (Å²) in [6.07, 6.45) is 6.86. The van der Waals surface area contributed by atoms with Crippen molar-refractivity contribution in [1.82, 2.24) is 4.57 Å². The maximum absolute atomic E-state index is 12.5. The molecule has 0 spiro atoms. The number of nitrogens with one attached hydrogen (secondary N) is 1. The summed E-state index contributed by atoms with van der Waals surface area (Å²) in [4.78, 5) is 23.8. The maximum Gasteiger partial charge on any atom is 0.335 e. The summed E-state index contributed by atoms with van der Waals surface area (Å²) in [6.45, 7) is 0. The van der Waals surface area contributed by atoms with Crippen LogP contribution in [-0.2, 0) is 18.3 Å². The largest absolute Gasteiger partial charge is 0.496 e. The fraction of sp³-hybridized carbons (Fsp3) is 0.333. The predicted octanol–water partition coefficient (Wildman–Crippen LogP) is 4.60. The normalized spacial score (nSPS) is 14.2. The van der Waals surface area contributed by atoms with Crippen molar-refractivity contribution in [3.63, 3.8) is 0 Å². The van der Waals surface area contributed by atoms with Gasteiger partial charge in [0.25, 0.3) is 0 Å². The predicted molar refractivity (Wildman–Crippen MR) is 116 cm³/mol. The number of carbonyl (C=O) groups excluding carboxylic acids is 1. The molecule has 0 radical (unpaired) electrons. The van der Waals surface area contributed by atoms with Crippen molar-refractivity contribution in [2.24, 2.45) is 13.0 Å². The number of anilines is 1. The molecule has 1 aliphatic rings. The summed E-state index contributed by atoms with van der Waals surface area (Å²) in [6, 6.07) is 10.9. The van der Waals surface area contributed by atoms with Gasteiger partial charge in [0.2, 0.25) is 5.91 Å². The summed E-state index contributed by atoms with van der Waals surface area (Å²) in [7, 11) is 3.54. The molecule has 1 saturated carbocycles. The molecule has 2 aromatic carbocycles. The number of fused-ring (bicyclic) bond motifs is 1. The molecule has 1 aromatic heterocycles. The molecule has 1 aliphatic carbocycles. The molecule has 30 heavy (non-hydrogen) atoms. The number of aromatic nitrogens is 1. The minimum Gasteiger partial charge on any atom is -0.496 e. The smallest absolute Gasteiger partial charge is 0.335 e. The summed E-state index contributed by atoms with van der Waals surface area (Å²) in [5.74, 6) is -0.200. The van der Waals surface area contributed by atoms with Crippen molar-refractivity contribution in [1.29, 1.82) is 0 Å². The van der Waals surface area contributed by atoms with Crippen molar-refractivity contribution in [3.8, 4) is 5.75 Å². The van der Waals surface area contributed by atoms with E-state index in [2.05, 4.69) is 16.1 Å². The lowest BCUT2D eigenvalue weighted by Crippen LogP contribution is -2.20. The highest BCUT2D eigenvalue weighted by atomic mass is 16.5. The molecule has 6 heteroatoms. The first-order valence-electron chi connectivity index (χ1n) is 10.3. The molecular formula is C24H26N2O4. The third-order valence-electron chi connectivity index (χ3n) is 5.98. The number of rotatable bonds is 6. The number of aromatic carboxylic acids is 1. The molecule has 3 aromatic rings. The van der Waals surface area contributed by atoms with Gasteiger partial charge in [0.1, 0.15) is 5.75 Å². The molecule has 1 heterocycles. The van der Waals surface area contributed by atoms with Gasteiger partial charge in [-0.05, 0) is 54.3 Å². The first-order valence-corrected chi connectivity index (χ1v) is 10.3. The number of carboxylic acid groups (broad SMARTS) is 1. The first-order chi connectivity index (χ1) is 14.5. The van der Waals surface area contributed by atoms with Gasteiger partial charge >= 0.3 is 5.97 Å². The highest BCUT2D eigenvalue weighted by Crippen LogP contribution is 2.31. The second-order valence-corrected chi connectivity index (χ2v) is 7.98. The van der Waals surface area contributed by atoms with E-state index in [1.54, 1.807) is 25.3 Å². The van der Waals surface area contributed by atoms with Crippen molar-refractivity contribution >= 4 is 28.5 Å². The van der Waals surface area contributed by atoms with E-state index in [1.807, 2.05) is 25.2 Å². The minimum absolute atomic E-state index is 0.107. The van der Waals surface area contributed by atoms with E-state index in [4.69, 9.17) is 4.74 Å². The fourth-order valence-electron chi connectivity index (χ4n) is 4.35. The summed E-state index contributed by atoms with van der Waals surface area (Å²) in [5, 5.41) is 13.4. The van der Waals surface area contributed by atoms with E-state index in [0.29, 0.717) is 12.2 Å². The number of hydrogen-bond donors (Lipinski definition) is 2. The molecule has 156 valence electrons. The number of benzene rings is 2. The number of hydrogen-bond acceptors (Lipinski definition) is 3. The van der Waals surface area contributed by atoms with Gasteiger partial charge < -0.3 is 19.7 Å². The van der Waals surface area contributed by atoms with Gasteiger partial charge in [0.05, 0.1) is 12.7 Å². The number of carbonyl (C=O) groups is 2. The molecular weight excluding hydrogens is 380 g/mol. The zero-order valence-corrected chi connectivity index (χ0v) is 17.3. The van der Waals surface area contributed by atoms with Crippen molar-refractivity contribution < 1.29 is 19.4 Å². The molecule has 2 N–H and O–H groups in total. The zero-order chi connectivity index (χ0) is 21.3. The van der Waals surface area contributed by atoms with Gasteiger partial charge in [-0.2, -0.15) is 0 Å². The average Bonchev–Trinajstić information content (AvgIpc) is 3.37. The van der Waals surface area contributed by atoms with Crippen LogP contribution in [0.2, 0.25) is 0 Å². The van der Waals surface area contributed by atoms with Crippen LogP contribution < -0.4 is 10.1 Å². The third kappa shape index (κ3) is 3.90. The second kappa shape index (κ2) is 8.22. The van der Waals surface area contributed by atoms with E-state index >= 15 is 0 Å². The van der Waals surface area contributed by atoms with Crippen LogP contribution in [-0.4, -0.2) is 28.7 Å². The van der Waals surface area contributed by atoms with Crippen LogP contribution in [0.25, 0.3) is 10.9 Å². The lowest BCUT2D eigenvalue weighted by molar-refractivity contribution is -0.119. The van der Waals surface area contributed by atoms with Crippen LogP contribution in [0, 0.1) is 5.92 Å². The first kappa shape index (κ1) is 20.0. The van der Waals surface area contributed by atoms with E-state index < -0.39 is 5.97 Å². The van der Waals surface area contributed by atoms with Gasteiger partial charge in [-0.1, -0.05) is 18.9 Å². The fourth-order valence-corrected chi connectivity index (χ4v) is 4.35. The van der Waals surface area contributed by atoms with Crippen LogP contribution in [0.1, 0.15) is 47.2 Å². The number of methoxy groups -OCH3 is 1. The highest BCUT2D eigenvalue weighted by Gasteiger charge is 2.23. The molecule has 0 unspecified atom stereocenters. The van der Waals surface area contributed by atoms with E-state index in [1.165, 1.54) is 0 Å². The monoisotopic (exact) mass is 406 g/mol. The Balaban J connectivity index is 1.64. The Bertz CT molecular complexity index is 1110. The number of nitrogens with zero attached hydrogens (tertiary/aromatic N) is 1. The summed E-state index contributed by atoms with van der Waals surface area (Å²) in [5.41, 5.74) is 4.08. The topological polar surface area (TPSA) is 80.6 Å². The Hall–Kier alpha value is -3.28. The molecule has 0 saturated heterocycles. The minimum atomic E-state index is -0.979. The molecule has 6 nitrogen and oxygen atoms in total. The standard InChI is InChI=1S/C24H26N2O4/c1-26-14-18(11-16-7-8-17(24(28)29)12-22(16)30-2)20-13-19(9-10-21(20)26)25-23(27)15-5-3-4-6-15/h7-10,12-15H,3-6,11H2,1-2H3,(H,25,27)(H,28,29). The lowest BCUT2D eigenvalue weighted by Gasteiger charge is -2.11. The molecule has 0 bridgehead atoms. The van der Waals surface area contributed by atoms with Gasteiger partial charge in [0.15, 0.2) is 0 Å². The van der Waals surface area contributed by atoms with Crippen molar-refractivity contribution in [3.05, 3.63) is 59.3 Å². The quantitative estimate of drug-likeness (QED) is 0.627. The van der Waals surface area contributed by atoms with Crippen LogP contribution in [0.4, 0.5) is 5.69 Å². The van der Waals surface area contributed by atoms with Crippen LogP contribution >= 0.6 is 0 Å². The zero-order valence-electron chi connectivity index (χ0n) is 17.3. The van der Waals surface area contributed by atoms with Crippen LogP contribution in [0.5, 0.6) is 5.75 Å². The Labute approximate surface area is 175 Å². The van der Waals surface area contributed by atoms with E-state index in [0.717, 1.165) is 53.4 Å². The van der Waals surface area contributed by atoms with E-state index in [-0.39, 0.29) is 17.4 Å². The number of aryl methyl sites for hydroxylation is 1. The third-order valence-corrected chi connectivity index (χ3v) is 5.98. The van der Waals surface area contributed by atoms with Gasteiger partial charge in [0, 0.05) is 42.2 Å². The van der Waals surface area contributed by atoms with Crippen molar-refractivity contribution in [2.75, 3.05) is 12.4 Å². The Morgan fingerprint density at radius 1 is 1.13 bits per heavy atom. The second-order valence-electron chi connectivity index (χ2n) is 7.98. The number of ether oxygens (including phenoxy) is 1. The summed E-state index contributed by atoms with van der Waals surface area (Å²) < 4.78 is 7.49. The Morgan fingerprint density at radius 3 is 2.60 bits per heavy atom. The number of carboxylic acids is 1. The van der Waals surface area contributed by atoms with Crippen LogP contribution in [0.3, 0.4) is 0 Å². The lowest BCUT2D eigenvalue weighted by atomic mass is 10.0. The van der Waals surface area contributed by atoms with Gasteiger partial charge in [-0.25, -0.2) is 4.79 Å². The number of amides is 1. The molecule has 0 atom stereocenters. The van der Waals surface area contributed by atoms with Crippen LogP contribution in [0.15, 0.2) is 42.6 Å². The molecule has 0 aliphatic heterocycles. The van der Waals surface area contributed by atoms with Gasteiger partial charge in [-0.15, -0.1) is 0 Å².